The van der Waals surface area contributed by atoms with E-state index in [-0.39, 0.29) is 0 Å². The first-order valence-corrected chi connectivity index (χ1v) is 19.3. The Kier molecular flexibility index (Phi) is 7.76. The fourth-order valence-corrected chi connectivity index (χ4v) is 8.39. The van der Waals surface area contributed by atoms with Gasteiger partial charge in [-0.3, -0.25) is 0 Å². The molecule has 6 heteroatoms. The molecule has 11 aromatic rings. The summed E-state index contributed by atoms with van der Waals surface area (Å²) in [6.07, 6.45) is 0. The maximum Gasteiger partial charge on any atom is 0.164 e. The van der Waals surface area contributed by atoms with E-state index in [0.717, 1.165) is 72.0 Å². The Balaban J connectivity index is 1.15. The molecule has 0 aliphatic heterocycles. The molecular formula is C52H32N6. The van der Waals surface area contributed by atoms with Crippen molar-refractivity contribution in [3.63, 3.8) is 0 Å². The predicted molar refractivity (Wildman–Crippen MR) is 235 cm³/mol. The molecule has 270 valence electrons. The monoisotopic (exact) mass is 740 g/mol. The highest BCUT2D eigenvalue weighted by molar-refractivity contribution is 6.21. The summed E-state index contributed by atoms with van der Waals surface area (Å²) in [6.45, 7) is 0. The number of rotatable bonds is 6. The molecule has 0 radical (unpaired) electrons. The van der Waals surface area contributed by atoms with Gasteiger partial charge in [-0.25, -0.2) is 15.0 Å². The van der Waals surface area contributed by atoms with Gasteiger partial charge >= 0.3 is 0 Å². The van der Waals surface area contributed by atoms with E-state index in [1.54, 1.807) is 0 Å². The van der Waals surface area contributed by atoms with Crippen LogP contribution in [0.3, 0.4) is 0 Å². The van der Waals surface area contributed by atoms with Gasteiger partial charge in [0.15, 0.2) is 17.5 Å². The predicted octanol–water partition coefficient (Wildman–Crippen LogP) is 12.6. The van der Waals surface area contributed by atoms with Crippen LogP contribution in [0.2, 0.25) is 0 Å². The lowest BCUT2D eigenvalue weighted by molar-refractivity contribution is 1.07. The topological polar surface area (TPSA) is 72.3 Å². The van der Waals surface area contributed by atoms with Crippen LogP contribution in [0.1, 0.15) is 5.56 Å². The zero-order valence-electron chi connectivity index (χ0n) is 31.2. The van der Waals surface area contributed by atoms with Gasteiger partial charge in [0.05, 0.1) is 33.7 Å². The lowest BCUT2D eigenvalue weighted by atomic mass is 9.95. The van der Waals surface area contributed by atoms with Crippen LogP contribution in [-0.4, -0.2) is 24.1 Å². The minimum absolute atomic E-state index is 0.505. The number of para-hydroxylation sites is 4. The first-order valence-electron chi connectivity index (χ1n) is 19.3. The lowest BCUT2D eigenvalue weighted by Crippen LogP contribution is -2.01. The molecule has 0 unspecified atom stereocenters. The van der Waals surface area contributed by atoms with Crippen molar-refractivity contribution in [2.45, 2.75) is 0 Å². The van der Waals surface area contributed by atoms with Gasteiger partial charge in [0.2, 0.25) is 0 Å². The molecule has 0 N–H and O–H groups in total. The van der Waals surface area contributed by atoms with Gasteiger partial charge in [-0.15, -0.1) is 0 Å². The Morgan fingerprint density at radius 3 is 1.52 bits per heavy atom. The van der Waals surface area contributed by atoms with Crippen molar-refractivity contribution in [3.05, 3.63) is 200 Å². The van der Waals surface area contributed by atoms with Gasteiger partial charge in [0, 0.05) is 60.7 Å². The van der Waals surface area contributed by atoms with Gasteiger partial charge in [0.25, 0.3) is 0 Å². The van der Waals surface area contributed by atoms with E-state index in [1.807, 2.05) is 84.9 Å². The summed E-state index contributed by atoms with van der Waals surface area (Å²) < 4.78 is 4.71. The molecule has 6 nitrogen and oxygen atoms in total. The maximum absolute atomic E-state index is 10.8. The average Bonchev–Trinajstić information content (AvgIpc) is 3.81. The standard InChI is InChI=1S/C52H32N6/c53-33-37-30-36(52-55-50(34-16-5-1-6-17-34)54-51(56-52)35-18-7-2-8-19-35)28-29-40(37)42-25-15-26-43-45-31-44-41-24-13-14-27-46(41)57(38-20-9-3-10-21-38)47(44)32-48(45)58(49(42)43)39-22-11-4-12-23-39/h1-32H. The van der Waals surface area contributed by atoms with E-state index < -0.39 is 0 Å². The Morgan fingerprint density at radius 2 is 0.879 bits per heavy atom. The Morgan fingerprint density at radius 1 is 0.362 bits per heavy atom. The van der Waals surface area contributed by atoms with Gasteiger partial charge in [-0.1, -0.05) is 146 Å². The number of nitrogens with zero attached hydrogens (tertiary/aromatic N) is 6. The minimum atomic E-state index is 0.505. The van der Waals surface area contributed by atoms with E-state index >= 15 is 0 Å². The molecule has 58 heavy (non-hydrogen) atoms. The zero-order valence-corrected chi connectivity index (χ0v) is 31.2. The molecule has 0 saturated carbocycles. The van der Waals surface area contributed by atoms with Crippen LogP contribution in [0, 0.1) is 11.3 Å². The highest BCUT2D eigenvalue weighted by atomic mass is 15.0. The number of aromatic nitrogens is 5. The second-order valence-corrected chi connectivity index (χ2v) is 14.4. The van der Waals surface area contributed by atoms with Crippen LogP contribution in [0.4, 0.5) is 0 Å². The fraction of sp³-hybridized carbons (Fsp3) is 0. The van der Waals surface area contributed by atoms with E-state index in [1.165, 1.54) is 10.8 Å². The molecular weight excluding hydrogens is 709 g/mol. The Hall–Kier alpha value is -8.14. The third-order valence-electron chi connectivity index (χ3n) is 11.0. The molecule has 3 aromatic heterocycles. The molecule has 0 atom stereocenters. The van der Waals surface area contributed by atoms with E-state index in [9.17, 15) is 5.26 Å². The van der Waals surface area contributed by atoms with Gasteiger partial charge < -0.3 is 9.13 Å². The van der Waals surface area contributed by atoms with Crippen molar-refractivity contribution in [1.29, 1.82) is 5.26 Å². The zero-order chi connectivity index (χ0) is 38.6. The molecule has 8 aromatic carbocycles. The summed E-state index contributed by atoms with van der Waals surface area (Å²) in [7, 11) is 0. The number of fused-ring (bicyclic) bond motifs is 6. The summed E-state index contributed by atoms with van der Waals surface area (Å²) in [6, 6.07) is 69.1. The van der Waals surface area contributed by atoms with Crippen molar-refractivity contribution < 1.29 is 0 Å². The largest absolute Gasteiger partial charge is 0.309 e. The molecule has 3 heterocycles. The van der Waals surface area contributed by atoms with Crippen molar-refractivity contribution in [2.24, 2.45) is 0 Å². The van der Waals surface area contributed by atoms with Crippen molar-refractivity contribution in [1.82, 2.24) is 24.1 Å². The quantitative estimate of drug-likeness (QED) is 0.170. The summed E-state index contributed by atoms with van der Waals surface area (Å²) in [5, 5.41) is 15.5. The average molecular weight is 741 g/mol. The second-order valence-electron chi connectivity index (χ2n) is 14.4. The molecule has 0 bridgehead atoms. The third kappa shape index (κ3) is 5.37. The minimum Gasteiger partial charge on any atom is -0.309 e. The highest BCUT2D eigenvalue weighted by Gasteiger charge is 2.22. The fourth-order valence-electron chi connectivity index (χ4n) is 8.39. The molecule has 0 amide bonds. The first kappa shape index (κ1) is 33.2. The Bertz CT molecular complexity index is 3320. The van der Waals surface area contributed by atoms with Gasteiger partial charge in [0.1, 0.15) is 0 Å². The van der Waals surface area contributed by atoms with E-state index in [0.29, 0.717) is 23.0 Å². The Labute approximate surface area is 334 Å². The van der Waals surface area contributed by atoms with Crippen LogP contribution in [0.5, 0.6) is 0 Å². The van der Waals surface area contributed by atoms with Gasteiger partial charge in [-0.2, -0.15) is 5.26 Å². The van der Waals surface area contributed by atoms with Crippen molar-refractivity contribution >= 4 is 43.6 Å². The van der Waals surface area contributed by atoms with Gasteiger partial charge in [-0.05, 0) is 48.5 Å². The van der Waals surface area contributed by atoms with E-state index in [2.05, 4.69) is 124 Å². The third-order valence-corrected chi connectivity index (χ3v) is 11.0. The van der Waals surface area contributed by atoms with Crippen LogP contribution in [0.15, 0.2) is 194 Å². The van der Waals surface area contributed by atoms with Crippen molar-refractivity contribution in [2.75, 3.05) is 0 Å². The van der Waals surface area contributed by atoms with E-state index in [4.69, 9.17) is 15.0 Å². The molecule has 11 rings (SSSR count). The lowest BCUT2D eigenvalue weighted by Gasteiger charge is -2.14. The SMILES string of the molecule is N#Cc1cc(-c2nc(-c3ccccc3)nc(-c3ccccc3)n2)ccc1-c1cccc2c3cc4c5ccccc5n(-c5ccccc5)c4cc3n(-c3ccccc3)c12. The highest BCUT2D eigenvalue weighted by Crippen LogP contribution is 2.43. The number of nitriles is 1. The van der Waals surface area contributed by atoms with Crippen LogP contribution >= 0.6 is 0 Å². The maximum atomic E-state index is 10.8. The summed E-state index contributed by atoms with van der Waals surface area (Å²) >= 11 is 0. The van der Waals surface area contributed by atoms with Crippen LogP contribution in [0.25, 0.3) is 100 Å². The van der Waals surface area contributed by atoms with Crippen LogP contribution < -0.4 is 0 Å². The smallest absolute Gasteiger partial charge is 0.164 e. The molecule has 0 saturated heterocycles. The number of hydrogen-bond donors (Lipinski definition) is 0. The number of hydrogen-bond acceptors (Lipinski definition) is 4. The summed E-state index contributed by atoms with van der Waals surface area (Å²) in [4.78, 5) is 14.8. The van der Waals surface area contributed by atoms with Crippen LogP contribution in [-0.2, 0) is 0 Å². The molecule has 0 spiro atoms. The van der Waals surface area contributed by atoms with Crippen molar-refractivity contribution in [3.8, 4) is 62.7 Å². The molecule has 0 aliphatic carbocycles. The molecule has 0 aliphatic rings. The number of benzene rings is 8. The first-order chi connectivity index (χ1) is 28.7. The normalized spacial score (nSPS) is 11.4. The second kappa shape index (κ2) is 13.6. The molecule has 0 fully saturated rings. The summed E-state index contributed by atoms with van der Waals surface area (Å²) in [5.74, 6) is 1.65. The summed E-state index contributed by atoms with van der Waals surface area (Å²) in [5.41, 5.74) is 11.4.